The zero-order valence-electron chi connectivity index (χ0n) is 29.6. The van der Waals surface area contributed by atoms with Gasteiger partial charge >= 0.3 is 0 Å². The van der Waals surface area contributed by atoms with Crippen molar-refractivity contribution >= 4 is 65.9 Å². The van der Waals surface area contributed by atoms with E-state index in [-0.39, 0.29) is 0 Å². The van der Waals surface area contributed by atoms with Gasteiger partial charge in [-0.25, -0.2) is 4.99 Å². The standard InChI is InChI=1S/C50H36N4/c51-50(36-16-2-1-3-17-36)52-45(30-29-35-19-14-18-34-15-4-5-20-40(34)35)37-31-38(53-46-25-10-6-21-41(46)42-22-7-11-26-47(42)53)33-39(32-37)54-48-27-12-8-23-43(48)44-24-9-13-28-49(44)54/h1-28,30-33H,29H2,(H2,51,52)/b45-30-. The zero-order chi connectivity index (χ0) is 36.0. The van der Waals surface area contributed by atoms with Crippen LogP contribution in [0.3, 0.4) is 0 Å². The average Bonchev–Trinajstić information content (AvgIpc) is 3.76. The van der Waals surface area contributed by atoms with Gasteiger partial charge in [-0.2, -0.15) is 0 Å². The number of amidine groups is 1. The van der Waals surface area contributed by atoms with Crippen molar-refractivity contribution in [3.05, 3.63) is 211 Å². The van der Waals surface area contributed by atoms with Gasteiger partial charge < -0.3 is 14.9 Å². The largest absolute Gasteiger partial charge is 0.383 e. The maximum absolute atomic E-state index is 6.85. The summed E-state index contributed by atoms with van der Waals surface area (Å²) in [7, 11) is 0. The van der Waals surface area contributed by atoms with E-state index in [1.807, 2.05) is 30.3 Å². The van der Waals surface area contributed by atoms with Crippen molar-refractivity contribution < 1.29 is 0 Å². The fraction of sp³-hybridized carbons (Fsp3) is 0.0200. The third-order valence-electron chi connectivity index (χ3n) is 10.6. The predicted octanol–water partition coefficient (Wildman–Crippen LogP) is 12.0. The minimum absolute atomic E-state index is 0.473. The summed E-state index contributed by atoms with van der Waals surface area (Å²) in [5.74, 6) is 0.473. The molecule has 2 N–H and O–H groups in total. The van der Waals surface area contributed by atoms with E-state index >= 15 is 0 Å². The Balaban J connectivity index is 1.27. The maximum Gasteiger partial charge on any atom is 0.131 e. The Kier molecular flexibility index (Phi) is 7.66. The van der Waals surface area contributed by atoms with Crippen LogP contribution in [0.2, 0.25) is 0 Å². The van der Waals surface area contributed by atoms with Crippen LogP contribution in [-0.2, 0) is 6.42 Å². The first kappa shape index (κ1) is 31.6. The minimum atomic E-state index is 0.473. The second-order valence-electron chi connectivity index (χ2n) is 13.8. The van der Waals surface area contributed by atoms with Gasteiger partial charge in [0.25, 0.3) is 0 Å². The number of aliphatic imine (C=N–C) groups is 1. The molecule has 4 heteroatoms. The minimum Gasteiger partial charge on any atom is -0.383 e. The van der Waals surface area contributed by atoms with Crippen molar-refractivity contribution in [3.63, 3.8) is 0 Å². The third kappa shape index (κ3) is 5.35. The molecule has 0 saturated heterocycles. The van der Waals surface area contributed by atoms with E-state index < -0.39 is 0 Å². The Hall–Kier alpha value is -7.17. The number of benzene rings is 8. The van der Waals surface area contributed by atoms with Gasteiger partial charge in [0.2, 0.25) is 0 Å². The van der Waals surface area contributed by atoms with Crippen LogP contribution in [0.4, 0.5) is 0 Å². The molecule has 0 bridgehead atoms. The Labute approximate surface area is 313 Å². The van der Waals surface area contributed by atoms with Crippen molar-refractivity contribution in [2.75, 3.05) is 0 Å². The molecule has 0 radical (unpaired) electrons. The van der Waals surface area contributed by atoms with Crippen molar-refractivity contribution in [1.29, 1.82) is 0 Å². The molecule has 0 atom stereocenters. The summed E-state index contributed by atoms with van der Waals surface area (Å²) in [4.78, 5) is 5.24. The molecule has 10 aromatic rings. The highest BCUT2D eigenvalue weighted by Gasteiger charge is 2.18. The van der Waals surface area contributed by atoms with Gasteiger partial charge in [0.1, 0.15) is 5.84 Å². The summed E-state index contributed by atoms with van der Waals surface area (Å²) in [6, 6.07) is 66.6. The second-order valence-corrected chi connectivity index (χ2v) is 13.8. The molecule has 4 nitrogen and oxygen atoms in total. The number of hydrogen-bond donors (Lipinski definition) is 1. The second kappa shape index (κ2) is 13.1. The highest BCUT2D eigenvalue weighted by atomic mass is 15.0. The summed E-state index contributed by atoms with van der Waals surface area (Å²) in [5.41, 5.74) is 17.5. The number of rotatable bonds is 7. The first-order valence-electron chi connectivity index (χ1n) is 18.4. The lowest BCUT2D eigenvalue weighted by atomic mass is 10.0. The maximum atomic E-state index is 6.85. The lowest BCUT2D eigenvalue weighted by Crippen LogP contribution is -2.13. The Morgan fingerprint density at radius 2 is 0.889 bits per heavy atom. The fourth-order valence-corrected chi connectivity index (χ4v) is 8.11. The van der Waals surface area contributed by atoms with Gasteiger partial charge in [-0.1, -0.05) is 152 Å². The van der Waals surface area contributed by atoms with E-state index in [9.17, 15) is 0 Å². The van der Waals surface area contributed by atoms with Gasteiger partial charge in [-0.15, -0.1) is 0 Å². The molecule has 2 heterocycles. The number of nitrogens with two attached hydrogens (primary N) is 1. The highest BCUT2D eigenvalue weighted by molar-refractivity contribution is 6.11. The number of allylic oxidation sites excluding steroid dienone is 1. The van der Waals surface area contributed by atoms with Gasteiger partial charge in [-0.05, 0) is 65.2 Å². The molecule has 0 aliphatic heterocycles. The smallest absolute Gasteiger partial charge is 0.131 e. The molecule has 8 aromatic carbocycles. The number of aromatic nitrogens is 2. The van der Waals surface area contributed by atoms with E-state index in [4.69, 9.17) is 10.7 Å². The van der Waals surface area contributed by atoms with Crippen LogP contribution in [0.25, 0.3) is 71.5 Å². The van der Waals surface area contributed by atoms with Crippen LogP contribution in [0, 0.1) is 0 Å². The SMILES string of the molecule is NC(=N/C(=C\Cc1cccc2ccccc12)c1cc(-n2c3ccccc3c3ccccc32)cc(-n2c3ccccc3c3ccccc32)c1)c1ccccc1. The zero-order valence-corrected chi connectivity index (χ0v) is 29.6. The molecule has 2 aromatic heterocycles. The highest BCUT2D eigenvalue weighted by Crippen LogP contribution is 2.37. The Morgan fingerprint density at radius 1 is 0.444 bits per heavy atom. The summed E-state index contributed by atoms with van der Waals surface area (Å²) in [6.07, 6.45) is 2.92. The average molecular weight is 693 g/mol. The molecule has 0 fully saturated rings. The number of hydrogen-bond acceptors (Lipinski definition) is 1. The molecule has 0 aliphatic rings. The van der Waals surface area contributed by atoms with Crippen molar-refractivity contribution in [2.45, 2.75) is 6.42 Å². The van der Waals surface area contributed by atoms with E-state index in [0.29, 0.717) is 12.3 Å². The summed E-state index contributed by atoms with van der Waals surface area (Å²) >= 11 is 0. The van der Waals surface area contributed by atoms with Crippen LogP contribution in [-0.4, -0.2) is 15.0 Å². The van der Waals surface area contributed by atoms with Crippen molar-refractivity contribution in [2.24, 2.45) is 10.7 Å². The van der Waals surface area contributed by atoms with Gasteiger partial charge in [0.15, 0.2) is 0 Å². The topological polar surface area (TPSA) is 48.2 Å². The molecule has 0 amide bonds. The molecule has 0 spiro atoms. The molecule has 10 rings (SSSR count). The predicted molar refractivity (Wildman–Crippen MR) is 228 cm³/mol. The quantitative estimate of drug-likeness (QED) is 0.131. The van der Waals surface area contributed by atoms with Gasteiger partial charge in [-0.3, -0.25) is 0 Å². The lowest BCUT2D eigenvalue weighted by Gasteiger charge is -2.16. The van der Waals surface area contributed by atoms with Crippen molar-refractivity contribution in [3.8, 4) is 11.4 Å². The molecule has 54 heavy (non-hydrogen) atoms. The van der Waals surface area contributed by atoms with E-state index in [0.717, 1.165) is 50.3 Å². The lowest BCUT2D eigenvalue weighted by molar-refractivity contribution is 1.13. The van der Waals surface area contributed by atoms with Crippen LogP contribution < -0.4 is 5.73 Å². The van der Waals surface area contributed by atoms with Crippen LogP contribution in [0.5, 0.6) is 0 Å². The van der Waals surface area contributed by atoms with Crippen LogP contribution in [0.1, 0.15) is 16.7 Å². The Morgan fingerprint density at radius 3 is 1.43 bits per heavy atom. The molecule has 0 aliphatic carbocycles. The number of para-hydroxylation sites is 4. The number of fused-ring (bicyclic) bond motifs is 7. The van der Waals surface area contributed by atoms with Crippen LogP contribution in [0.15, 0.2) is 199 Å². The molecular formula is C50H36N4. The van der Waals surface area contributed by atoms with E-state index in [1.165, 1.54) is 37.9 Å². The molecular weight excluding hydrogens is 657 g/mol. The first-order chi connectivity index (χ1) is 26.7. The molecule has 0 saturated carbocycles. The number of nitrogens with zero attached hydrogens (tertiary/aromatic N) is 3. The van der Waals surface area contributed by atoms with E-state index in [1.54, 1.807) is 0 Å². The molecule has 0 unspecified atom stereocenters. The fourth-order valence-electron chi connectivity index (χ4n) is 8.11. The summed E-state index contributed by atoms with van der Waals surface area (Å²) < 4.78 is 4.77. The van der Waals surface area contributed by atoms with E-state index in [2.05, 4.69) is 173 Å². The van der Waals surface area contributed by atoms with Gasteiger partial charge in [0, 0.05) is 44.0 Å². The summed E-state index contributed by atoms with van der Waals surface area (Å²) in [5, 5.41) is 7.33. The van der Waals surface area contributed by atoms with Crippen molar-refractivity contribution in [1.82, 2.24) is 9.13 Å². The van der Waals surface area contributed by atoms with Gasteiger partial charge in [0.05, 0.1) is 27.8 Å². The normalized spacial score (nSPS) is 12.4. The first-order valence-corrected chi connectivity index (χ1v) is 18.4. The van der Waals surface area contributed by atoms with Crippen LogP contribution >= 0.6 is 0 Å². The molecule has 256 valence electrons. The third-order valence-corrected chi connectivity index (χ3v) is 10.6. The Bertz CT molecular complexity index is 2840. The monoisotopic (exact) mass is 692 g/mol. The summed E-state index contributed by atoms with van der Waals surface area (Å²) in [6.45, 7) is 0.